The Kier molecular flexibility index (Phi) is 8.11. The van der Waals surface area contributed by atoms with E-state index in [4.69, 9.17) is 14.5 Å². The number of benzene rings is 1. The van der Waals surface area contributed by atoms with Crippen LogP contribution in [0.3, 0.4) is 0 Å². The zero-order chi connectivity index (χ0) is 20.6. The van der Waals surface area contributed by atoms with Crippen molar-refractivity contribution in [2.45, 2.75) is 39.0 Å². The molecule has 28 heavy (non-hydrogen) atoms. The number of aliphatic imine (C=N–C) groups is 1. The fourth-order valence-corrected chi connectivity index (χ4v) is 3.66. The lowest BCUT2D eigenvalue weighted by Crippen LogP contribution is -2.39. The highest BCUT2D eigenvalue weighted by Crippen LogP contribution is 2.27. The molecule has 2 N–H and O–H groups in total. The Balaban J connectivity index is 1.76. The molecular weight excluding hydrogens is 372 g/mol. The number of ether oxygens (including phenoxy) is 2. The van der Waals surface area contributed by atoms with Crippen molar-refractivity contribution >= 4 is 17.3 Å². The van der Waals surface area contributed by atoms with Crippen LogP contribution in [0.15, 0.2) is 28.6 Å². The van der Waals surface area contributed by atoms with Crippen molar-refractivity contribution in [2.75, 3.05) is 34.4 Å². The molecule has 0 radical (unpaired) electrons. The first kappa shape index (κ1) is 22.0. The minimum Gasteiger partial charge on any atom is -0.493 e. The Morgan fingerprint density at radius 3 is 2.32 bits per heavy atom. The van der Waals surface area contributed by atoms with Crippen molar-refractivity contribution in [3.05, 3.63) is 39.8 Å². The second-order valence-electron chi connectivity index (χ2n) is 7.49. The van der Waals surface area contributed by atoms with Gasteiger partial charge in [-0.25, -0.2) is 4.98 Å². The fourth-order valence-electron chi connectivity index (χ4n) is 2.64. The molecule has 6 nitrogen and oxygen atoms in total. The van der Waals surface area contributed by atoms with Gasteiger partial charge in [-0.2, -0.15) is 0 Å². The molecule has 7 heteroatoms. The minimum atomic E-state index is 0.101. The smallest absolute Gasteiger partial charge is 0.191 e. The SMILES string of the molecule is CN=C(NCCc1ccc(OC)c(OC)c1)NCCc1nc(C(C)(C)C)cs1. The summed E-state index contributed by atoms with van der Waals surface area (Å²) in [6.45, 7) is 8.14. The molecule has 1 heterocycles. The lowest BCUT2D eigenvalue weighted by atomic mass is 9.93. The van der Waals surface area contributed by atoms with E-state index < -0.39 is 0 Å². The second kappa shape index (κ2) is 10.3. The van der Waals surface area contributed by atoms with Gasteiger partial charge in [0.2, 0.25) is 0 Å². The third-order valence-electron chi connectivity index (χ3n) is 4.33. The highest BCUT2D eigenvalue weighted by atomic mass is 32.1. The largest absolute Gasteiger partial charge is 0.493 e. The first-order chi connectivity index (χ1) is 13.4. The maximum atomic E-state index is 5.36. The van der Waals surface area contributed by atoms with E-state index in [-0.39, 0.29) is 5.41 Å². The normalized spacial score (nSPS) is 12.0. The molecule has 0 amide bonds. The predicted octanol–water partition coefficient (Wildman–Crippen LogP) is 3.41. The van der Waals surface area contributed by atoms with Gasteiger partial charge in [0.1, 0.15) is 0 Å². The van der Waals surface area contributed by atoms with Crippen LogP contribution in [0.2, 0.25) is 0 Å². The number of guanidine groups is 1. The van der Waals surface area contributed by atoms with Gasteiger partial charge in [0.05, 0.1) is 24.9 Å². The maximum Gasteiger partial charge on any atom is 0.191 e. The van der Waals surface area contributed by atoms with Crippen LogP contribution in [-0.4, -0.2) is 45.3 Å². The number of rotatable bonds is 8. The average molecular weight is 405 g/mol. The number of nitrogens with zero attached hydrogens (tertiary/aromatic N) is 2. The van der Waals surface area contributed by atoms with Crippen LogP contribution in [0.25, 0.3) is 0 Å². The molecule has 0 saturated heterocycles. The topological polar surface area (TPSA) is 67.8 Å². The molecule has 1 aromatic heterocycles. The summed E-state index contributed by atoms with van der Waals surface area (Å²) in [4.78, 5) is 9.02. The number of aromatic nitrogens is 1. The van der Waals surface area contributed by atoms with Gasteiger partial charge < -0.3 is 20.1 Å². The monoisotopic (exact) mass is 404 g/mol. The highest BCUT2D eigenvalue weighted by Gasteiger charge is 2.17. The number of nitrogens with one attached hydrogen (secondary N) is 2. The predicted molar refractivity (Wildman–Crippen MR) is 117 cm³/mol. The Morgan fingerprint density at radius 2 is 1.75 bits per heavy atom. The summed E-state index contributed by atoms with van der Waals surface area (Å²) >= 11 is 1.72. The lowest BCUT2D eigenvalue weighted by Gasteiger charge is -2.14. The highest BCUT2D eigenvalue weighted by molar-refractivity contribution is 7.09. The molecule has 154 valence electrons. The quantitative estimate of drug-likeness (QED) is 0.521. The maximum absolute atomic E-state index is 5.36. The van der Waals surface area contributed by atoms with Gasteiger partial charge >= 0.3 is 0 Å². The molecule has 0 aliphatic heterocycles. The molecule has 0 aliphatic carbocycles. The third-order valence-corrected chi connectivity index (χ3v) is 5.24. The zero-order valence-corrected chi connectivity index (χ0v) is 18.6. The molecular formula is C21H32N4O2S. The summed E-state index contributed by atoms with van der Waals surface area (Å²) in [6, 6.07) is 5.99. The second-order valence-corrected chi connectivity index (χ2v) is 8.43. The summed E-state index contributed by atoms with van der Waals surface area (Å²) in [5.74, 6) is 2.29. The van der Waals surface area contributed by atoms with Crippen LogP contribution < -0.4 is 20.1 Å². The van der Waals surface area contributed by atoms with Crippen LogP contribution in [0, 0.1) is 0 Å². The van der Waals surface area contributed by atoms with E-state index in [1.165, 1.54) is 5.56 Å². The Labute approximate surface area is 172 Å². The molecule has 1 aromatic carbocycles. The van der Waals surface area contributed by atoms with E-state index in [1.807, 2.05) is 12.1 Å². The molecule has 2 aromatic rings. The zero-order valence-electron chi connectivity index (χ0n) is 17.8. The summed E-state index contributed by atoms with van der Waals surface area (Å²) in [7, 11) is 5.08. The van der Waals surface area contributed by atoms with E-state index in [9.17, 15) is 0 Å². The van der Waals surface area contributed by atoms with Crippen LogP contribution >= 0.6 is 11.3 Å². The van der Waals surface area contributed by atoms with E-state index in [0.717, 1.165) is 54.1 Å². The molecule has 0 fully saturated rings. The minimum absolute atomic E-state index is 0.101. The standard InChI is InChI=1S/C21H32N4O2S/c1-21(2,3)18-14-28-19(25-18)10-12-24-20(22-4)23-11-9-15-7-8-16(26-5)17(13-15)27-6/h7-8,13-14H,9-12H2,1-6H3,(H2,22,23,24). The van der Waals surface area contributed by atoms with Crippen molar-refractivity contribution in [3.8, 4) is 11.5 Å². The number of methoxy groups -OCH3 is 2. The fraction of sp³-hybridized carbons (Fsp3) is 0.524. The van der Waals surface area contributed by atoms with Crippen LogP contribution in [0.1, 0.15) is 37.0 Å². The van der Waals surface area contributed by atoms with E-state index in [2.05, 4.69) is 47.8 Å². The molecule has 0 spiro atoms. The first-order valence-electron chi connectivity index (χ1n) is 9.47. The van der Waals surface area contributed by atoms with Gasteiger partial charge in [-0.15, -0.1) is 11.3 Å². The van der Waals surface area contributed by atoms with Crippen molar-refractivity contribution in [1.82, 2.24) is 15.6 Å². The molecule has 0 aliphatic rings. The molecule has 0 saturated carbocycles. The van der Waals surface area contributed by atoms with Crippen LogP contribution in [0.4, 0.5) is 0 Å². The lowest BCUT2D eigenvalue weighted by molar-refractivity contribution is 0.354. The van der Waals surface area contributed by atoms with Gasteiger partial charge in [-0.1, -0.05) is 26.8 Å². The number of hydrogen-bond donors (Lipinski definition) is 2. The summed E-state index contributed by atoms with van der Waals surface area (Å²) < 4.78 is 10.6. The summed E-state index contributed by atoms with van der Waals surface area (Å²) in [5, 5.41) is 10.0. The van der Waals surface area contributed by atoms with Crippen molar-refractivity contribution in [1.29, 1.82) is 0 Å². The van der Waals surface area contributed by atoms with E-state index >= 15 is 0 Å². The summed E-state index contributed by atoms with van der Waals surface area (Å²) in [5.41, 5.74) is 2.44. The van der Waals surface area contributed by atoms with Gasteiger partial charge in [0, 0.05) is 37.4 Å². The summed E-state index contributed by atoms with van der Waals surface area (Å²) in [6.07, 6.45) is 1.75. The van der Waals surface area contributed by atoms with Crippen molar-refractivity contribution in [3.63, 3.8) is 0 Å². The van der Waals surface area contributed by atoms with Gasteiger partial charge in [-0.3, -0.25) is 4.99 Å². The molecule has 2 rings (SSSR count). The third kappa shape index (κ3) is 6.41. The molecule has 0 unspecified atom stereocenters. The van der Waals surface area contributed by atoms with Crippen molar-refractivity contribution in [2.24, 2.45) is 4.99 Å². The number of thiazole rings is 1. The van der Waals surface area contributed by atoms with Gasteiger partial charge in [0.25, 0.3) is 0 Å². The number of hydrogen-bond acceptors (Lipinski definition) is 5. The Hall–Kier alpha value is -2.28. The average Bonchev–Trinajstić information content (AvgIpc) is 3.16. The van der Waals surface area contributed by atoms with E-state index in [1.54, 1.807) is 32.6 Å². The van der Waals surface area contributed by atoms with Crippen molar-refractivity contribution < 1.29 is 9.47 Å². The van der Waals surface area contributed by atoms with Crippen LogP contribution in [0.5, 0.6) is 11.5 Å². The van der Waals surface area contributed by atoms with Crippen LogP contribution in [-0.2, 0) is 18.3 Å². The molecule has 0 atom stereocenters. The van der Waals surface area contributed by atoms with E-state index in [0.29, 0.717) is 0 Å². The first-order valence-corrected chi connectivity index (χ1v) is 10.4. The van der Waals surface area contributed by atoms with Gasteiger partial charge in [-0.05, 0) is 24.1 Å². The molecule has 0 bridgehead atoms. The Bertz CT molecular complexity index is 781. The Morgan fingerprint density at radius 1 is 1.07 bits per heavy atom. The van der Waals surface area contributed by atoms with Gasteiger partial charge in [0.15, 0.2) is 17.5 Å².